The molecule has 0 aromatic rings. The van der Waals surface area contributed by atoms with E-state index >= 15 is 0 Å². The second-order valence-electron chi connectivity index (χ2n) is 6.16. The van der Waals surface area contributed by atoms with Crippen LogP contribution in [0.4, 0.5) is 0 Å². The first-order valence-electron chi connectivity index (χ1n) is 7.57. The molecule has 1 heterocycles. The molecule has 116 valence electrons. The Morgan fingerprint density at radius 2 is 2.10 bits per heavy atom. The molecule has 0 aromatic carbocycles. The van der Waals surface area contributed by atoms with Crippen LogP contribution < -0.4 is 5.32 Å². The predicted molar refractivity (Wildman–Crippen MR) is 78.3 cm³/mol. The topological polar surface area (TPSA) is 69.6 Å². The monoisotopic (exact) mass is 284 g/mol. The average molecular weight is 284 g/mol. The van der Waals surface area contributed by atoms with Gasteiger partial charge in [0.25, 0.3) is 0 Å². The summed E-state index contributed by atoms with van der Waals surface area (Å²) in [4.78, 5) is 25.7. The van der Waals surface area contributed by atoms with Gasteiger partial charge in [0.1, 0.15) is 0 Å². The van der Waals surface area contributed by atoms with E-state index in [-0.39, 0.29) is 30.3 Å². The van der Waals surface area contributed by atoms with Gasteiger partial charge in [0.05, 0.1) is 12.6 Å². The highest BCUT2D eigenvalue weighted by atomic mass is 16.3. The molecule has 0 radical (unpaired) electrons. The molecule has 2 atom stereocenters. The molecular weight excluding hydrogens is 256 g/mol. The number of ketones is 1. The number of carbonyl (C=O) groups excluding carboxylic acids is 2. The van der Waals surface area contributed by atoms with E-state index in [4.69, 9.17) is 5.11 Å². The number of rotatable bonds is 7. The summed E-state index contributed by atoms with van der Waals surface area (Å²) in [6.45, 7) is 7.73. The fourth-order valence-corrected chi connectivity index (χ4v) is 2.87. The smallest absolute Gasteiger partial charge is 0.234 e. The van der Waals surface area contributed by atoms with Gasteiger partial charge in [0, 0.05) is 13.2 Å². The highest BCUT2D eigenvalue weighted by Crippen LogP contribution is 2.18. The third kappa shape index (κ3) is 5.59. The van der Waals surface area contributed by atoms with E-state index < -0.39 is 0 Å². The average Bonchev–Trinajstić information content (AvgIpc) is 2.36. The highest BCUT2D eigenvalue weighted by Gasteiger charge is 2.24. The number of aliphatic hydroxyl groups is 1. The maximum absolute atomic E-state index is 12.0. The van der Waals surface area contributed by atoms with Gasteiger partial charge in [0.2, 0.25) is 5.91 Å². The zero-order chi connectivity index (χ0) is 15.1. The third-order valence-corrected chi connectivity index (χ3v) is 3.93. The molecule has 0 saturated carbocycles. The van der Waals surface area contributed by atoms with E-state index in [1.54, 1.807) is 0 Å². The summed E-state index contributed by atoms with van der Waals surface area (Å²) in [7, 11) is 0. The Bertz CT molecular complexity index is 329. The number of carbonyl (C=O) groups is 2. The summed E-state index contributed by atoms with van der Waals surface area (Å²) >= 11 is 0. The van der Waals surface area contributed by atoms with Crippen molar-refractivity contribution in [3.8, 4) is 0 Å². The van der Waals surface area contributed by atoms with E-state index in [2.05, 4.69) is 10.2 Å². The molecule has 0 bridgehead atoms. The van der Waals surface area contributed by atoms with Gasteiger partial charge in [-0.15, -0.1) is 0 Å². The highest BCUT2D eigenvalue weighted by molar-refractivity contribution is 5.88. The molecule has 0 aliphatic carbocycles. The standard InChI is InChI=1S/C15H28N2O3/c1-11(2)15(12(3)19)16-14(20)10-17-7-4-5-13(9-17)6-8-18/h11,13,15,18H,4-10H2,1-3H3,(H,16,20). The molecule has 1 amide bonds. The largest absolute Gasteiger partial charge is 0.396 e. The van der Waals surface area contributed by atoms with Crippen molar-refractivity contribution in [1.82, 2.24) is 10.2 Å². The van der Waals surface area contributed by atoms with E-state index in [0.29, 0.717) is 12.5 Å². The van der Waals surface area contributed by atoms with Crippen LogP contribution in [0.25, 0.3) is 0 Å². The summed E-state index contributed by atoms with van der Waals surface area (Å²) in [6, 6.07) is -0.388. The Kier molecular flexibility index (Phi) is 7.16. The zero-order valence-corrected chi connectivity index (χ0v) is 12.9. The SMILES string of the molecule is CC(=O)C(NC(=O)CN1CCCC(CCO)C1)C(C)C. The molecule has 0 aromatic heterocycles. The maximum Gasteiger partial charge on any atom is 0.234 e. The van der Waals surface area contributed by atoms with Gasteiger partial charge in [-0.1, -0.05) is 13.8 Å². The fourth-order valence-electron chi connectivity index (χ4n) is 2.87. The van der Waals surface area contributed by atoms with E-state index in [1.807, 2.05) is 13.8 Å². The first-order valence-corrected chi connectivity index (χ1v) is 7.57. The van der Waals surface area contributed by atoms with Crippen molar-refractivity contribution in [2.75, 3.05) is 26.2 Å². The molecular formula is C15H28N2O3. The summed E-state index contributed by atoms with van der Waals surface area (Å²) < 4.78 is 0. The molecule has 1 fully saturated rings. The van der Waals surface area contributed by atoms with Gasteiger partial charge in [0.15, 0.2) is 5.78 Å². The Hall–Kier alpha value is -0.940. The van der Waals surface area contributed by atoms with Crippen molar-refractivity contribution in [2.24, 2.45) is 11.8 Å². The first kappa shape index (κ1) is 17.1. The first-order chi connectivity index (χ1) is 9.43. The van der Waals surface area contributed by atoms with Crippen LogP contribution in [-0.4, -0.2) is 54.0 Å². The fraction of sp³-hybridized carbons (Fsp3) is 0.867. The molecule has 1 aliphatic heterocycles. The lowest BCUT2D eigenvalue weighted by atomic mass is 9.95. The number of Topliss-reactive ketones (excluding diaryl/α,β-unsaturated/α-hetero) is 1. The van der Waals surface area contributed by atoms with Crippen LogP contribution in [0.5, 0.6) is 0 Å². The Balaban J connectivity index is 2.43. The van der Waals surface area contributed by atoms with Crippen molar-refractivity contribution in [3.63, 3.8) is 0 Å². The van der Waals surface area contributed by atoms with E-state index in [9.17, 15) is 9.59 Å². The van der Waals surface area contributed by atoms with E-state index in [0.717, 1.165) is 32.4 Å². The van der Waals surface area contributed by atoms with Crippen molar-refractivity contribution in [3.05, 3.63) is 0 Å². The van der Waals surface area contributed by atoms with Crippen LogP contribution >= 0.6 is 0 Å². The predicted octanol–water partition coefficient (Wildman–Crippen LogP) is 0.811. The maximum atomic E-state index is 12.0. The summed E-state index contributed by atoms with van der Waals surface area (Å²) in [5, 5.41) is 11.8. The second-order valence-corrected chi connectivity index (χ2v) is 6.16. The van der Waals surface area contributed by atoms with Crippen LogP contribution in [0.2, 0.25) is 0 Å². The molecule has 5 heteroatoms. The Morgan fingerprint density at radius 3 is 2.65 bits per heavy atom. The number of aliphatic hydroxyl groups excluding tert-OH is 1. The van der Waals surface area contributed by atoms with Crippen molar-refractivity contribution in [1.29, 1.82) is 0 Å². The minimum absolute atomic E-state index is 0.00477. The van der Waals surface area contributed by atoms with Gasteiger partial charge in [-0.25, -0.2) is 0 Å². The number of likely N-dealkylation sites (tertiary alicyclic amines) is 1. The van der Waals surface area contributed by atoms with Gasteiger partial charge >= 0.3 is 0 Å². The van der Waals surface area contributed by atoms with Gasteiger partial charge in [-0.05, 0) is 44.6 Å². The summed E-state index contributed by atoms with van der Waals surface area (Å²) in [5.74, 6) is 0.517. The molecule has 1 aliphatic rings. The normalized spacial score (nSPS) is 21.8. The van der Waals surface area contributed by atoms with Gasteiger partial charge in [-0.2, -0.15) is 0 Å². The van der Waals surface area contributed by atoms with Crippen LogP contribution in [0, 0.1) is 11.8 Å². The van der Waals surface area contributed by atoms with Gasteiger partial charge in [-0.3, -0.25) is 14.5 Å². The number of nitrogens with zero attached hydrogens (tertiary/aromatic N) is 1. The third-order valence-electron chi connectivity index (χ3n) is 3.93. The molecule has 2 N–H and O–H groups in total. The number of hydrogen-bond acceptors (Lipinski definition) is 4. The molecule has 1 rings (SSSR count). The quantitative estimate of drug-likeness (QED) is 0.726. The summed E-state index contributed by atoms with van der Waals surface area (Å²) in [6.07, 6.45) is 3.00. The van der Waals surface area contributed by atoms with Crippen LogP contribution in [-0.2, 0) is 9.59 Å². The minimum Gasteiger partial charge on any atom is -0.396 e. The number of piperidine rings is 1. The van der Waals surface area contributed by atoms with Crippen LogP contribution in [0.3, 0.4) is 0 Å². The number of hydrogen-bond donors (Lipinski definition) is 2. The molecule has 1 saturated heterocycles. The molecule has 5 nitrogen and oxygen atoms in total. The zero-order valence-electron chi connectivity index (χ0n) is 12.9. The van der Waals surface area contributed by atoms with Crippen LogP contribution in [0.1, 0.15) is 40.0 Å². The molecule has 2 unspecified atom stereocenters. The Morgan fingerprint density at radius 1 is 1.40 bits per heavy atom. The lowest BCUT2D eigenvalue weighted by Gasteiger charge is -2.32. The lowest BCUT2D eigenvalue weighted by molar-refractivity contribution is -0.128. The molecule has 20 heavy (non-hydrogen) atoms. The number of amides is 1. The summed E-state index contributed by atoms with van der Waals surface area (Å²) in [5.41, 5.74) is 0. The Labute approximate surface area is 121 Å². The lowest BCUT2D eigenvalue weighted by Crippen LogP contribution is -2.49. The van der Waals surface area contributed by atoms with Crippen molar-refractivity contribution >= 4 is 11.7 Å². The van der Waals surface area contributed by atoms with E-state index in [1.165, 1.54) is 6.92 Å². The van der Waals surface area contributed by atoms with Gasteiger partial charge < -0.3 is 10.4 Å². The second kappa shape index (κ2) is 8.37. The van der Waals surface area contributed by atoms with Crippen molar-refractivity contribution < 1.29 is 14.7 Å². The van der Waals surface area contributed by atoms with Crippen molar-refractivity contribution in [2.45, 2.75) is 46.1 Å². The number of nitrogens with one attached hydrogen (secondary N) is 1. The molecule has 0 spiro atoms. The van der Waals surface area contributed by atoms with Crippen LogP contribution in [0.15, 0.2) is 0 Å². The minimum atomic E-state index is -0.388.